The van der Waals surface area contributed by atoms with Crippen molar-refractivity contribution in [3.05, 3.63) is 81.9 Å². The molecule has 4 atom stereocenters. The first-order valence-electron chi connectivity index (χ1n) is 13.1. The van der Waals surface area contributed by atoms with E-state index in [0.29, 0.717) is 12.0 Å². The zero-order valence-corrected chi connectivity index (χ0v) is 23.0. The topological polar surface area (TPSA) is 125 Å². The Bertz CT molecular complexity index is 1700. The van der Waals surface area contributed by atoms with E-state index < -0.39 is 53.3 Å². The minimum Gasteiger partial charge on any atom is -0.480 e. The van der Waals surface area contributed by atoms with Crippen LogP contribution in [0.4, 0.5) is 13.2 Å². The summed E-state index contributed by atoms with van der Waals surface area (Å²) in [4.78, 5) is 50.4. The molecule has 0 saturated carbocycles. The Balaban J connectivity index is 1.43. The van der Waals surface area contributed by atoms with Gasteiger partial charge in [-0.3, -0.25) is 24.6 Å². The molecule has 6 rings (SSSR count). The molecule has 4 unspecified atom stereocenters. The highest BCUT2D eigenvalue weighted by atomic mass is 32.1. The first-order valence-corrected chi connectivity index (χ1v) is 14.0. The summed E-state index contributed by atoms with van der Waals surface area (Å²) in [6.45, 7) is 1.85. The summed E-state index contributed by atoms with van der Waals surface area (Å²) in [5.74, 6) is -5.54. The first kappa shape index (κ1) is 27.9. The standard InChI is InChI=1S/C29H25F3N4O5S/c1-15-21(42-14-34-15)9-10-36-25(37)22-23(26(36)38)28(27(39)40,12-17-13-33-20-8-3-2-7-19(17)20)35-24(22)16-5-4-6-18(11-16)41-29(30,31)32/h2-8,11,13-14,22-24,33,35H,9-10,12H2,1H3,(H,39,40). The number of carboxylic acids is 1. The Morgan fingerprint density at radius 2 is 1.95 bits per heavy atom. The minimum absolute atomic E-state index is 0.0282. The minimum atomic E-state index is -4.95. The van der Waals surface area contributed by atoms with Crippen LogP contribution in [0.3, 0.4) is 0 Å². The number of hydrogen-bond acceptors (Lipinski definition) is 7. The number of aromatic amines is 1. The summed E-state index contributed by atoms with van der Waals surface area (Å²) >= 11 is 1.39. The molecule has 42 heavy (non-hydrogen) atoms. The number of imide groups is 1. The smallest absolute Gasteiger partial charge is 0.480 e. The van der Waals surface area contributed by atoms with E-state index in [1.165, 1.54) is 23.5 Å². The molecule has 0 bridgehead atoms. The van der Waals surface area contributed by atoms with Crippen molar-refractivity contribution in [3.63, 3.8) is 0 Å². The van der Waals surface area contributed by atoms with Gasteiger partial charge in [0.2, 0.25) is 11.8 Å². The molecule has 2 amide bonds. The van der Waals surface area contributed by atoms with Crippen LogP contribution in [-0.4, -0.2) is 56.2 Å². The maximum Gasteiger partial charge on any atom is 0.573 e. The fraction of sp³-hybridized carbons (Fsp3) is 0.310. The fourth-order valence-electron chi connectivity index (χ4n) is 6.27. The van der Waals surface area contributed by atoms with E-state index in [9.17, 15) is 32.7 Å². The molecule has 2 aromatic heterocycles. The summed E-state index contributed by atoms with van der Waals surface area (Å²) in [7, 11) is 0. The van der Waals surface area contributed by atoms with Gasteiger partial charge in [0.05, 0.1) is 23.0 Å². The molecular formula is C29H25F3N4O5S. The van der Waals surface area contributed by atoms with Crippen LogP contribution >= 0.6 is 11.3 Å². The third-order valence-electron chi connectivity index (χ3n) is 8.13. The van der Waals surface area contributed by atoms with E-state index in [-0.39, 0.29) is 18.5 Å². The van der Waals surface area contributed by atoms with Gasteiger partial charge in [0.1, 0.15) is 11.3 Å². The lowest BCUT2D eigenvalue weighted by Gasteiger charge is -2.31. The third-order valence-corrected chi connectivity index (χ3v) is 9.12. The van der Waals surface area contributed by atoms with Crippen LogP contribution in [-0.2, 0) is 27.2 Å². The van der Waals surface area contributed by atoms with Crippen LogP contribution < -0.4 is 10.1 Å². The predicted octanol–water partition coefficient (Wildman–Crippen LogP) is 4.39. The van der Waals surface area contributed by atoms with Crippen molar-refractivity contribution in [2.24, 2.45) is 11.8 Å². The van der Waals surface area contributed by atoms with Crippen molar-refractivity contribution in [2.75, 3.05) is 6.54 Å². The van der Waals surface area contributed by atoms with Crippen LogP contribution in [0, 0.1) is 18.8 Å². The lowest BCUT2D eigenvalue weighted by molar-refractivity contribution is -0.274. The molecule has 4 aromatic rings. The van der Waals surface area contributed by atoms with Crippen molar-refractivity contribution >= 4 is 40.0 Å². The molecule has 0 radical (unpaired) electrons. The van der Waals surface area contributed by atoms with E-state index in [2.05, 4.69) is 20.0 Å². The number of aliphatic carboxylic acids is 1. The number of thiazole rings is 1. The van der Waals surface area contributed by atoms with Crippen molar-refractivity contribution in [3.8, 4) is 5.75 Å². The molecule has 4 heterocycles. The number of carbonyl (C=O) groups is 3. The molecule has 2 fully saturated rings. The maximum absolute atomic E-state index is 14.0. The van der Waals surface area contributed by atoms with E-state index in [1.54, 1.807) is 17.8 Å². The summed E-state index contributed by atoms with van der Waals surface area (Å²) in [5.41, 5.74) is 2.11. The highest BCUT2D eigenvalue weighted by Crippen LogP contribution is 2.51. The van der Waals surface area contributed by atoms with Crippen LogP contribution in [0.25, 0.3) is 10.9 Å². The molecule has 0 aliphatic carbocycles. The molecule has 2 aliphatic rings. The summed E-state index contributed by atoms with van der Waals surface area (Å²) < 4.78 is 43.1. The molecule has 218 valence electrons. The normalized spacial score (nSPS) is 24.0. The van der Waals surface area contributed by atoms with E-state index in [0.717, 1.165) is 38.5 Å². The van der Waals surface area contributed by atoms with Gasteiger partial charge in [-0.15, -0.1) is 24.5 Å². The summed E-state index contributed by atoms with van der Waals surface area (Å²) in [6.07, 6.45) is -3.08. The fourth-order valence-corrected chi connectivity index (χ4v) is 7.04. The van der Waals surface area contributed by atoms with Gasteiger partial charge >= 0.3 is 12.3 Å². The maximum atomic E-state index is 14.0. The Kier molecular flexibility index (Phi) is 6.81. The molecule has 3 N–H and O–H groups in total. The molecule has 9 nitrogen and oxygen atoms in total. The van der Waals surface area contributed by atoms with E-state index in [1.807, 2.05) is 25.1 Å². The van der Waals surface area contributed by atoms with Gasteiger partial charge in [-0.25, -0.2) is 4.98 Å². The van der Waals surface area contributed by atoms with Gasteiger partial charge < -0.3 is 14.8 Å². The van der Waals surface area contributed by atoms with Gasteiger partial charge in [-0.05, 0) is 36.2 Å². The van der Waals surface area contributed by atoms with E-state index in [4.69, 9.17) is 0 Å². The van der Waals surface area contributed by atoms with Gasteiger partial charge in [0.25, 0.3) is 0 Å². The molecular weight excluding hydrogens is 573 g/mol. The summed E-state index contributed by atoms with van der Waals surface area (Å²) in [5, 5.41) is 14.5. The number of halogens is 3. The Morgan fingerprint density at radius 3 is 2.67 bits per heavy atom. The summed E-state index contributed by atoms with van der Waals surface area (Å²) in [6, 6.07) is 11.3. The van der Waals surface area contributed by atoms with Crippen molar-refractivity contribution < 1.29 is 37.4 Å². The number of carbonyl (C=O) groups excluding carboxylic acids is 2. The number of likely N-dealkylation sites (tertiary alicyclic amines) is 1. The second-order valence-corrected chi connectivity index (χ2v) is 11.4. The SMILES string of the molecule is Cc1ncsc1CCN1C(=O)C2C(c3cccc(OC(F)(F)F)c3)NC(Cc3c[nH]c4ccccc34)(C(=O)O)C2C1=O. The molecule has 2 aliphatic heterocycles. The van der Waals surface area contributed by atoms with Gasteiger partial charge in [-0.2, -0.15) is 0 Å². The first-order chi connectivity index (χ1) is 20.0. The highest BCUT2D eigenvalue weighted by Gasteiger charge is 2.68. The second-order valence-electron chi connectivity index (χ2n) is 10.5. The lowest BCUT2D eigenvalue weighted by atomic mass is 9.76. The number of aromatic nitrogens is 2. The van der Waals surface area contributed by atoms with Gasteiger partial charge in [-0.1, -0.05) is 30.3 Å². The van der Waals surface area contributed by atoms with Crippen LogP contribution in [0.1, 0.15) is 27.7 Å². The second kappa shape index (κ2) is 10.2. The number of para-hydroxylation sites is 1. The number of rotatable bonds is 8. The monoisotopic (exact) mass is 598 g/mol. The molecule has 2 aromatic carbocycles. The van der Waals surface area contributed by atoms with Crippen LogP contribution in [0.5, 0.6) is 5.75 Å². The number of nitrogens with zero attached hydrogens (tertiary/aromatic N) is 2. The number of nitrogens with one attached hydrogen (secondary N) is 2. The number of ether oxygens (including phenoxy) is 1. The zero-order chi connectivity index (χ0) is 29.8. The van der Waals surface area contributed by atoms with Crippen molar-refractivity contribution in [1.82, 2.24) is 20.2 Å². The average molecular weight is 599 g/mol. The molecule has 13 heteroatoms. The number of alkyl halides is 3. The number of fused-ring (bicyclic) bond motifs is 2. The number of H-pyrrole nitrogens is 1. The molecule has 2 saturated heterocycles. The number of carboxylic acid groups (broad SMARTS) is 1. The number of aryl methyl sites for hydroxylation is 1. The Hall–Kier alpha value is -4.23. The quantitative estimate of drug-likeness (QED) is 0.257. The zero-order valence-electron chi connectivity index (χ0n) is 22.1. The molecule has 0 spiro atoms. The number of benzene rings is 2. The number of hydrogen-bond donors (Lipinski definition) is 3. The highest BCUT2D eigenvalue weighted by molar-refractivity contribution is 7.09. The van der Waals surface area contributed by atoms with Crippen LogP contribution in [0.2, 0.25) is 0 Å². The Morgan fingerprint density at radius 1 is 1.17 bits per heavy atom. The third kappa shape index (κ3) is 4.71. The van der Waals surface area contributed by atoms with Crippen molar-refractivity contribution in [2.45, 2.75) is 37.7 Å². The largest absolute Gasteiger partial charge is 0.573 e. The Labute approximate surface area is 241 Å². The van der Waals surface area contributed by atoms with Crippen LogP contribution in [0.15, 0.2) is 60.2 Å². The van der Waals surface area contributed by atoms with Crippen molar-refractivity contribution in [1.29, 1.82) is 0 Å². The van der Waals surface area contributed by atoms with E-state index >= 15 is 0 Å². The number of amides is 2. The average Bonchev–Trinajstić information content (AvgIpc) is 3.68. The van der Waals surface area contributed by atoms with Gasteiger partial charge in [0.15, 0.2) is 0 Å². The predicted molar refractivity (Wildman–Crippen MR) is 146 cm³/mol. The van der Waals surface area contributed by atoms with Gasteiger partial charge in [0, 0.05) is 47.4 Å². The lowest BCUT2D eigenvalue weighted by Crippen LogP contribution is -2.57.